The van der Waals surface area contributed by atoms with Gasteiger partial charge < -0.3 is 14.8 Å². The summed E-state index contributed by atoms with van der Waals surface area (Å²) in [6.07, 6.45) is -0.130. The van der Waals surface area contributed by atoms with Gasteiger partial charge in [0.2, 0.25) is 10.0 Å². The van der Waals surface area contributed by atoms with Gasteiger partial charge in [0.05, 0.1) is 18.0 Å². The molecule has 2 aromatic carbocycles. The number of rotatable bonds is 7. The number of methoxy groups -OCH3 is 1. The van der Waals surface area contributed by atoms with E-state index >= 15 is 0 Å². The SMILES string of the molecule is COC(=O)NC1CCCN(S(=O)(=O)c2ccc(OCc3ccc(F)cc3)cc2)C1C(=O)NO. The summed E-state index contributed by atoms with van der Waals surface area (Å²) in [4.78, 5) is 23.9. The molecule has 3 N–H and O–H groups in total. The third kappa shape index (κ3) is 5.78. The lowest BCUT2D eigenvalue weighted by atomic mass is 9.98. The maximum atomic E-state index is 13.3. The zero-order valence-electron chi connectivity index (χ0n) is 17.7. The highest BCUT2D eigenvalue weighted by Crippen LogP contribution is 2.27. The van der Waals surface area contributed by atoms with Crippen molar-refractivity contribution < 1.29 is 37.1 Å². The van der Waals surface area contributed by atoms with Gasteiger partial charge in [0, 0.05) is 6.54 Å². The van der Waals surface area contributed by atoms with E-state index in [4.69, 9.17) is 9.94 Å². The van der Waals surface area contributed by atoms with Gasteiger partial charge in [-0.25, -0.2) is 23.1 Å². The molecule has 1 saturated heterocycles. The molecule has 178 valence electrons. The fraction of sp³-hybridized carbons (Fsp3) is 0.333. The largest absolute Gasteiger partial charge is 0.489 e. The van der Waals surface area contributed by atoms with Gasteiger partial charge in [-0.2, -0.15) is 4.31 Å². The second kappa shape index (κ2) is 10.6. The highest BCUT2D eigenvalue weighted by atomic mass is 32.2. The summed E-state index contributed by atoms with van der Waals surface area (Å²) in [5.41, 5.74) is 2.21. The van der Waals surface area contributed by atoms with Crippen LogP contribution in [0.3, 0.4) is 0 Å². The topological polar surface area (TPSA) is 134 Å². The Kier molecular flexibility index (Phi) is 7.84. The summed E-state index contributed by atoms with van der Waals surface area (Å²) in [7, 11) is -3.01. The molecule has 10 nitrogen and oxygen atoms in total. The Hall–Kier alpha value is -3.22. The molecule has 12 heteroatoms. The summed E-state index contributed by atoms with van der Waals surface area (Å²) in [5, 5.41) is 11.6. The third-order valence-corrected chi connectivity index (χ3v) is 7.10. The zero-order chi connectivity index (χ0) is 24.0. The minimum Gasteiger partial charge on any atom is -0.489 e. The van der Waals surface area contributed by atoms with E-state index < -0.39 is 34.1 Å². The van der Waals surface area contributed by atoms with E-state index in [9.17, 15) is 22.4 Å². The van der Waals surface area contributed by atoms with Gasteiger partial charge in [-0.3, -0.25) is 10.0 Å². The first-order valence-corrected chi connectivity index (χ1v) is 11.5. The Morgan fingerprint density at radius 1 is 1.15 bits per heavy atom. The van der Waals surface area contributed by atoms with Crippen molar-refractivity contribution in [3.05, 3.63) is 59.9 Å². The maximum Gasteiger partial charge on any atom is 0.407 e. The predicted molar refractivity (Wildman–Crippen MR) is 113 cm³/mol. The number of amides is 2. The van der Waals surface area contributed by atoms with E-state index in [2.05, 4.69) is 10.1 Å². The van der Waals surface area contributed by atoms with E-state index in [1.807, 2.05) is 0 Å². The molecule has 0 bridgehead atoms. The smallest absolute Gasteiger partial charge is 0.407 e. The van der Waals surface area contributed by atoms with Crippen molar-refractivity contribution in [2.75, 3.05) is 13.7 Å². The molecule has 0 spiro atoms. The van der Waals surface area contributed by atoms with Gasteiger partial charge >= 0.3 is 6.09 Å². The molecule has 2 aromatic rings. The number of hydrogen-bond donors (Lipinski definition) is 3. The van der Waals surface area contributed by atoms with E-state index in [1.165, 1.54) is 41.9 Å². The second-order valence-corrected chi connectivity index (χ2v) is 9.20. The van der Waals surface area contributed by atoms with Gasteiger partial charge in [0.1, 0.15) is 24.2 Å². The number of hydrogen-bond acceptors (Lipinski definition) is 7. The van der Waals surface area contributed by atoms with Gasteiger partial charge in [0.15, 0.2) is 0 Å². The Bertz CT molecular complexity index is 1080. The molecule has 2 atom stereocenters. The van der Waals surface area contributed by atoms with Crippen molar-refractivity contribution in [2.24, 2.45) is 0 Å². The molecule has 1 heterocycles. The van der Waals surface area contributed by atoms with E-state index in [1.54, 1.807) is 12.1 Å². The first-order valence-electron chi connectivity index (χ1n) is 10.0. The van der Waals surface area contributed by atoms with Crippen molar-refractivity contribution in [1.82, 2.24) is 15.1 Å². The van der Waals surface area contributed by atoms with Crippen molar-refractivity contribution in [3.63, 3.8) is 0 Å². The Balaban J connectivity index is 1.78. The van der Waals surface area contributed by atoms with Crippen molar-refractivity contribution in [3.8, 4) is 5.75 Å². The van der Waals surface area contributed by atoms with Crippen LogP contribution in [0.4, 0.5) is 9.18 Å². The maximum absolute atomic E-state index is 13.3. The summed E-state index contributed by atoms with van der Waals surface area (Å²) < 4.78 is 50.7. The molecule has 0 aliphatic carbocycles. The van der Waals surface area contributed by atoms with Crippen LogP contribution in [0, 0.1) is 5.82 Å². The van der Waals surface area contributed by atoms with Crippen LogP contribution in [0.1, 0.15) is 18.4 Å². The lowest BCUT2D eigenvalue weighted by molar-refractivity contribution is -0.134. The molecule has 33 heavy (non-hydrogen) atoms. The Morgan fingerprint density at radius 2 is 1.82 bits per heavy atom. The molecule has 2 unspecified atom stereocenters. The number of carbonyl (C=O) groups excluding carboxylic acids is 2. The van der Waals surface area contributed by atoms with Crippen molar-refractivity contribution >= 4 is 22.0 Å². The van der Waals surface area contributed by atoms with Crippen LogP contribution in [-0.2, 0) is 26.2 Å². The number of halogens is 1. The van der Waals surface area contributed by atoms with Crippen LogP contribution in [0.5, 0.6) is 5.75 Å². The number of sulfonamides is 1. The number of benzene rings is 2. The number of alkyl carbamates (subject to hydrolysis) is 1. The van der Waals surface area contributed by atoms with Gasteiger partial charge in [-0.05, 0) is 54.8 Å². The average molecular weight is 482 g/mol. The molecule has 1 aliphatic rings. The summed E-state index contributed by atoms with van der Waals surface area (Å²) >= 11 is 0. The number of ether oxygens (including phenoxy) is 2. The fourth-order valence-corrected chi connectivity index (χ4v) is 5.23. The number of piperidine rings is 1. The molecular weight excluding hydrogens is 457 g/mol. The highest BCUT2D eigenvalue weighted by Gasteiger charge is 2.44. The lowest BCUT2D eigenvalue weighted by Crippen LogP contribution is -2.62. The minimum absolute atomic E-state index is 0.0165. The normalized spacial score (nSPS) is 18.9. The molecule has 1 aliphatic heterocycles. The van der Waals surface area contributed by atoms with Gasteiger partial charge in [-0.1, -0.05) is 12.1 Å². The van der Waals surface area contributed by atoms with Crippen molar-refractivity contribution in [1.29, 1.82) is 0 Å². The van der Waals surface area contributed by atoms with Crippen LogP contribution in [0.2, 0.25) is 0 Å². The molecule has 0 radical (unpaired) electrons. The number of nitrogens with zero attached hydrogens (tertiary/aromatic N) is 1. The summed E-state index contributed by atoms with van der Waals surface area (Å²) in [5.74, 6) is -0.936. The van der Waals surface area contributed by atoms with Crippen LogP contribution in [0.15, 0.2) is 53.4 Å². The molecule has 2 amide bonds. The number of nitrogens with one attached hydrogen (secondary N) is 2. The van der Waals surface area contributed by atoms with E-state index in [0.29, 0.717) is 18.6 Å². The summed E-state index contributed by atoms with van der Waals surface area (Å²) in [6.45, 7) is 0.181. The zero-order valence-corrected chi connectivity index (χ0v) is 18.5. The Morgan fingerprint density at radius 3 is 2.42 bits per heavy atom. The monoisotopic (exact) mass is 481 g/mol. The van der Waals surface area contributed by atoms with Gasteiger partial charge in [0.25, 0.3) is 5.91 Å². The van der Waals surface area contributed by atoms with Crippen molar-refractivity contribution in [2.45, 2.75) is 36.4 Å². The lowest BCUT2D eigenvalue weighted by Gasteiger charge is -2.38. The van der Waals surface area contributed by atoms with Crippen LogP contribution in [-0.4, -0.2) is 55.7 Å². The number of carbonyl (C=O) groups is 2. The first kappa shape index (κ1) is 24.4. The van der Waals surface area contributed by atoms with Crippen LogP contribution < -0.4 is 15.5 Å². The Labute approximate surface area is 190 Å². The minimum atomic E-state index is -4.16. The average Bonchev–Trinajstić information content (AvgIpc) is 2.83. The predicted octanol–water partition coefficient (Wildman–Crippen LogP) is 1.79. The molecular formula is C21H24FN3O7S. The van der Waals surface area contributed by atoms with E-state index in [-0.39, 0.29) is 23.9 Å². The first-order chi connectivity index (χ1) is 15.8. The summed E-state index contributed by atoms with van der Waals surface area (Å²) in [6, 6.07) is 9.11. The molecule has 1 fully saturated rings. The third-order valence-electron chi connectivity index (χ3n) is 5.20. The quantitative estimate of drug-likeness (QED) is 0.405. The van der Waals surface area contributed by atoms with E-state index in [0.717, 1.165) is 17.0 Å². The van der Waals surface area contributed by atoms with Gasteiger partial charge in [-0.15, -0.1) is 0 Å². The highest BCUT2D eigenvalue weighted by molar-refractivity contribution is 7.89. The second-order valence-electron chi connectivity index (χ2n) is 7.31. The number of hydroxylamine groups is 1. The molecule has 0 aromatic heterocycles. The molecule has 3 rings (SSSR count). The standard InChI is InChI=1S/C21H24FN3O7S/c1-31-21(27)23-18-3-2-12-25(19(18)20(26)24-28)33(29,30)17-10-8-16(9-11-17)32-13-14-4-6-15(22)7-5-14/h4-11,18-19,28H,2-3,12-13H2,1H3,(H,23,27)(H,24,26). The van der Waals surface area contributed by atoms with Crippen LogP contribution in [0.25, 0.3) is 0 Å². The van der Waals surface area contributed by atoms with Crippen LogP contribution >= 0.6 is 0 Å². The molecule has 0 saturated carbocycles. The fourth-order valence-electron chi connectivity index (χ4n) is 3.57.